The number of hydrogen-bond acceptors (Lipinski definition) is 3. The molecule has 3 N–H and O–H groups in total. The number of nitrogens with zero attached hydrogens (tertiary/aromatic N) is 1. The zero-order valence-corrected chi connectivity index (χ0v) is 12.9. The number of alkyl halides is 6. The first-order valence-corrected chi connectivity index (χ1v) is 6.86. The third-order valence-electron chi connectivity index (χ3n) is 3.22. The van der Waals surface area contributed by atoms with Crippen LogP contribution in [0, 0.1) is 5.82 Å². The maximum Gasteiger partial charge on any atom is 0.417 e. The van der Waals surface area contributed by atoms with Crippen LogP contribution in [0.2, 0.25) is 0 Å². The van der Waals surface area contributed by atoms with Crippen LogP contribution in [0.15, 0.2) is 30.5 Å². The number of nitrogens with one attached hydrogen (secondary N) is 1. The predicted molar refractivity (Wildman–Crippen MR) is 77.1 cm³/mol. The number of aromatic nitrogens is 1. The maximum absolute atomic E-state index is 14.0. The van der Waals surface area contributed by atoms with Gasteiger partial charge in [0.05, 0.1) is 28.6 Å². The fourth-order valence-electron chi connectivity index (χ4n) is 2.03. The third kappa shape index (κ3) is 4.51. The number of carbonyl (C=O) groups is 2. The van der Waals surface area contributed by atoms with Gasteiger partial charge in [-0.3, -0.25) is 9.59 Å². The molecule has 0 fully saturated rings. The van der Waals surface area contributed by atoms with E-state index < -0.39 is 46.7 Å². The summed E-state index contributed by atoms with van der Waals surface area (Å²) < 4.78 is 91.1. The second-order valence-electron chi connectivity index (χ2n) is 5.13. The summed E-state index contributed by atoms with van der Waals surface area (Å²) >= 11 is 0. The molecule has 1 heterocycles. The van der Waals surface area contributed by atoms with Crippen molar-refractivity contribution in [3.8, 4) is 0 Å². The number of pyridine rings is 1. The van der Waals surface area contributed by atoms with Crippen molar-refractivity contribution >= 4 is 17.5 Å². The molecule has 0 bridgehead atoms. The summed E-state index contributed by atoms with van der Waals surface area (Å²) in [4.78, 5) is 26.4. The van der Waals surface area contributed by atoms with Crippen LogP contribution in [0.25, 0.3) is 0 Å². The number of anilines is 1. The minimum atomic E-state index is -5.43. The van der Waals surface area contributed by atoms with Crippen molar-refractivity contribution < 1.29 is 40.3 Å². The molecule has 1 aromatic carbocycles. The van der Waals surface area contributed by atoms with E-state index in [4.69, 9.17) is 5.73 Å². The van der Waals surface area contributed by atoms with Gasteiger partial charge < -0.3 is 11.1 Å². The summed E-state index contributed by atoms with van der Waals surface area (Å²) in [7, 11) is 0. The van der Waals surface area contributed by atoms with Gasteiger partial charge in [-0.05, 0) is 24.3 Å². The van der Waals surface area contributed by atoms with E-state index in [0.29, 0.717) is 0 Å². The summed E-state index contributed by atoms with van der Waals surface area (Å²) in [5.74, 6) is -4.57. The molecule has 0 aliphatic heterocycles. The van der Waals surface area contributed by atoms with Crippen LogP contribution in [-0.4, -0.2) is 16.8 Å². The molecule has 2 rings (SSSR count). The van der Waals surface area contributed by atoms with Gasteiger partial charge in [-0.25, -0.2) is 9.37 Å². The van der Waals surface area contributed by atoms with Crippen molar-refractivity contribution in [2.45, 2.75) is 12.4 Å². The summed E-state index contributed by atoms with van der Waals surface area (Å²) in [5.41, 5.74) is -1.12. The number of primary amides is 1. The smallest absolute Gasteiger partial charge is 0.364 e. The highest BCUT2D eigenvalue weighted by Gasteiger charge is 2.41. The SMILES string of the molecule is NC(=O)c1ccc(NC(=O)c2c(F)cc(C(F)(F)F)cc2C(F)(F)F)cn1. The van der Waals surface area contributed by atoms with E-state index in [0.717, 1.165) is 18.3 Å². The Hall–Kier alpha value is -3.18. The lowest BCUT2D eigenvalue weighted by molar-refractivity contribution is -0.143. The van der Waals surface area contributed by atoms with E-state index in [1.54, 1.807) is 0 Å². The van der Waals surface area contributed by atoms with E-state index >= 15 is 0 Å². The summed E-state index contributed by atoms with van der Waals surface area (Å²) in [5, 5.41) is 1.86. The van der Waals surface area contributed by atoms with Crippen LogP contribution in [-0.2, 0) is 12.4 Å². The van der Waals surface area contributed by atoms with Gasteiger partial charge in [-0.1, -0.05) is 0 Å². The Bertz CT molecular complexity index is 890. The second-order valence-corrected chi connectivity index (χ2v) is 5.13. The average molecular weight is 395 g/mol. The number of hydrogen-bond donors (Lipinski definition) is 2. The molecule has 0 saturated carbocycles. The number of benzene rings is 1. The largest absolute Gasteiger partial charge is 0.417 e. The molecule has 0 aliphatic rings. The van der Waals surface area contributed by atoms with Crippen molar-refractivity contribution in [2.75, 3.05) is 5.32 Å². The summed E-state index contributed by atoms with van der Waals surface area (Å²) in [6.07, 6.45) is -9.82. The fraction of sp³-hybridized carbons (Fsp3) is 0.133. The minimum Gasteiger partial charge on any atom is -0.364 e. The first-order chi connectivity index (χ1) is 12.3. The van der Waals surface area contributed by atoms with Crippen LogP contribution in [0.1, 0.15) is 32.0 Å². The van der Waals surface area contributed by atoms with E-state index in [-0.39, 0.29) is 23.5 Å². The second kappa shape index (κ2) is 6.85. The third-order valence-corrected chi connectivity index (χ3v) is 3.22. The van der Waals surface area contributed by atoms with Crippen LogP contribution < -0.4 is 11.1 Å². The highest BCUT2D eigenvalue weighted by molar-refractivity contribution is 6.05. The number of halogens is 7. The Morgan fingerprint density at radius 2 is 1.63 bits per heavy atom. The molecule has 0 radical (unpaired) electrons. The molecule has 0 aliphatic carbocycles. The van der Waals surface area contributed by atoms with E-state index in [2.05, 4.69) is 4.98 Å². The lowest BCUT2D eigenvalue weighted by Gasteiger charge is -2.16. The van der Waals surface area contributed by atoms with Crippen molar-refractivity contribution in [3.63, 3.8) is 0 Å². The van der Waals surface area contributed by atoms with Gasteiger partial charge >= 0.3 is 12.4 Å². The molecular weight excluding hydrogens is 387 g/mol. The zero-order valence-electron chi connectivity index (χ0n) is 12.9. The fourth-order valence-corrected chi connectivity index (χ4v) is 2.03. The molecule has 12 heteroatoms. The average Bonchev–Trinajstić information content (AvgIpc) is 2.52. The lowest BCUT2D eigenvalue weighted by Crippen LogP contribution is -2.22. The van der Waals surface area contributed by atoms with Gasteiger partial charge in [0.25, 0.3) is 11.8 Å². The highest BCUT2D eigenvalue weighted by atomic mass is 19.4. The monoisotopic (exact) mass is 395 g/mol. The molecule has 27 heavy (non-hydrogen) atoms. The number of amides is 2. The van der Waals surface area contributed by atoms with Gasteiger partial charge in [0, 0.05) is 0 Å². The first kappa shape index (κ1) is 20.1. The van der Waals surface area contributed by atoms with Crippen LogP contribution >= 0.6 is 0 Å². The highest BCUT2D eigenvalue weighted by Crippen LogP contribution is 2.38. The van der Waals surface area contributed by atoms with Gasteiger partial charge in [0.2, 0.25) is 0 Å². The molecule has 144 valence electrons. The van der Waals surface area contributed by atoms with Gasteiger partial charge in [0.15, 0.2) is 0 Å². The maximum atomic E-state index is 14.0. The topological polar surface area (TPSA) is 85.1 Å². The Balaban J connectivity index is 2.47. The summed E-state index contributed by atoms with van der Waals surface area (Å²) in [6.45, 7) is 0. The molecule has 1 aromatic heterocycles. The minimum absolute atomic E-state index is 0.210. The van der Waals surface area contributed by atoms with Gasteiger partial charge in [0.1, 0.15) is 11.5 Å². The molecule has 2 amide bonds. The lowest BCUT2D eigenvalue weighted by atomic mass is 10.0. The molecule has 5 nitrogen and oxygen atoms in total. The van der Waals surface area contributed by atoms with Crippen molar-refractivity contribution in [1.29, 1.82) is 0 Å². The Morgan fingerprint density at radius 3 is 2.07 bits per heavy atom. The van der Waals surface area contributed by atoms with E-state index in [1.807, 2.05) is 5.32 Å². The molecule has 0 saturated heterocycles. The molecule has 0 unspecified atom stereocenters. The van der Waals surface area contributed by atoms with Gasteiger partial charge in [-0.15, -0.1) is 0 Å². The number of rotatable bonds is 3. The zero-order chi connectivity index (χ0) is 20.6. The molecule has 2 aromatic rings. The van der Waals surface area contributed by atoms with E-state index in [9.17, 15) is 40.3 Å². The van der Waals surface area contributed by atoms with Crippen molar-refractivity contribution in [2.24, 2.45) is 5.73 Å². The number of carbonyl (C=O) groups excluding carboxylic acids is 2. The van der Waals surface area contributed by atoms with Crippen LogP contribution in [0.3, 0.4) is 0 Å². The van der Waals surface area contributed by atoms with Crippen molar-refractivity contribution in [3.05, 3.63) is 58.7 Å². The Labute approximate surface area is 146 Å². The molecular formula is C15H8F7N3O2. The van der Waals surface area contributed by atoms with Crippen LogP contribution in [0.4, 0.5) is 36.4 Å². The summed E-state index contributed by atoms with van der Waals surface area (Å²) in [6, 6.07) is 1.51. The van der Waals surface area contributed by atoms with Crippen LogP contribution in [0.5, 0.6) is 0 Å². The quantitative estimate of drug-likeness (QED) is 0.779. The first-order valence-electron chi connectivity index (χ1n) is 6.86. The Morgan fingerprint density at radius 1 is 1.00 bits per heavy atom. The molecule has 0 spiro atoms. The van der Waals surface area contributed by atoms with E-state index in [1.165, 1.54) is 0 Å². The normalized spacial score (nSPS) is 12.0. The van der Waals surface area contributed by atoms with Gasteiger partial charge in [-0.2, -0.15) is 26.3 Å². The standard InChI is InChI=1S/C15H8F7N3O2/c16-9-4-6(14(17,18)19)3-8(15(20,21)22)11(9)13(27)25-7-1-2-10(12(23)26)24-5-7/h1-5H,(H2,23,26)(H,25,27). The Kier molecular flexibility index (Phi) is 5.11. The number of nitrogens with two attached hydrogens (primary N) is 1. The van der Waals surface area contributed by atoms with Crippen molar-refractivity contribution in [1.82, 2.24) is 4.98 Å². The predicted octanol–water partition coefficient (Wildman–Crippen LogP) is 3.61. The molecule has 0 atom stereocenters.